The number of carbonyl (C=O) groups is 1. The van der Waals surface area contributed by atoms with E-state index in [1.807, 2.05) is 0 Å². The van der Waals surface area contributed by atoms with Crippen LogP contribution in [0.1, 0.15) is 176 Å². The Morgan fingerprint density at radius 1 is 0.854 bits per heavy atom. The van der Waals surface area contributed by atoms with Crippen LogP contribution in [0.4, 0.5) is 0 Å². The molecule has 41 heavy (non-hydrogen) atoms. The first-order chi connectivity index (χ1) is 19.7. The molecule has 3 fully saturated rings. The van der Waals surface area contributed by atoms with Gasteiger partial charge in [0.25, 0.3) is 0 Å². The first-order valence-corrected chi connectivity index (χ1v) is 18.6. The monoisotopic (exact) mass is 569 g/mol. The molecule has 2 heteroatoms. The highest BCUT2D eigenvalue weighted by Gasteiger charge is 2.59. The minimum absolute atomic E-state index is 0.0591. The van der Waals surface area contributed by atoms with Crippen LogP contribution >= 0.6 is 0 Å². The van der Waals surface area contributed by atoms with E-state index < -0.39 is 0 Å². The van der Waals surface area contributed by atoms with Crippen LogP contribution in [0.25, 0.3) is 0 Å². The molecule has 0 aliphatic heterocycles. The SMILES string of the molecule is CCCCCCCCCCCC(=O)O[C@H]1CC[C@@]2(C)C(=CC[C@@H]3[C@H]4CC[C@@H]([C@H](C)CCCC(C)C)[C@@]4(C)CC[C@H]32)C1. The molecule has 0 aromatic rings. The second-order valence-electron chi connectivity index (χ2n) is 16.2. The Bertz CT molecular complexity index is 843. The van der Waals surface area contributed by atoms with Crippen LogP contribution < -0.4 is 0 Å². The maximum absolute atomic E-state index is 12.7. The molecule has 0 unspecified atom stereocenters. The van der Waals surface area contributed by atoms with Crippen molar-refractivity contribution in [3.8, 4) is 0 Å². The van der Waals surface area contributed by atoms with Gasteiger partial charge in [0.2, 0.25) is 0 Å². The Balaban J connectivity index is 1.24. The molecule has 0 saturated heterocycles. The average Bonchev–Trinajstić information content (AvgIpc) is 3.29. The Kier molecular flexibility index (Phi) is 12.3. The van der Waals surface area contributed by atoms with Gasteiger partial charge in [0.15, 0.2) is 0 Å². The van der Waals surface area contributed by atoms with Gasteiger partial charge in [-0.2, -0.15) is 0 Å². The van der Waals surface area contributed by atoms with Crippen molar-refractivity contribution >= 4 is 5.97 Å². The molecular formula is C39H68O2. The van der Waals surface area contributed by atoms with Gasteiger partial charge in [-0.05, 0) is 97.7 Å². The lowest BCUT2D eigenvalue weighted by molar-refractivity contribution is -0.151. The van der Waals surface area contributed by atoms with E-state index in [1.165, 1.54) is 109 Å². The predicted octanol–water partition coefficient (Wildman–Crippen LogP) is 11.9. The smallest absolute Gasteiger partial charge is 0.306 e. The largest absolute Gasteiger partial charge is 0.462 e. The van der Waals surface area contributed by atoms with Gasteiger partial charge in [0, 0.05) is 12.8 Å². The van der Waals surface area contributed by atoms with Gasteiger partial charge >= 0.3 is 5.97 Å². The van der Waals surface area contributed by atoms with Crippen LogP contribution in [0.15, 0.2) is 11.6 Å². The van der Waals surface area contributed by atoms with Gasteiger partial charge in [-0.15, -0.1) is 0 Å². The summed E-state index contributed by atoms with van der Waals surface area (Å²) >= 11 is 0. The Labute approximate surface area is 255 Å². The second kappa shape index (κ2) is 15.3. The predicted molar refractivity (Wildman–Crippen MR) is 175 cm³/mol. The van der Waals surface area contributed by atoms with Gasteiger partial charge < -0.3 is 4.74 Å². The number of unbranched alkanes of at least 4 members (excludes halogenated alkanes) is 8. The third-order valence-electron chi connectivity index (χ3n) is 13.0. The van der Waals surface area contributed by atoms with Gasteiger partial charge in [-0.25, -0.2) is 0 Å². The fraction of sp³-hybridized carbons (Fsp3) is 0.923. The first-order valence-electron chi connectivity index (χ1n) is 18.6. The minimum atomic E-state index is 0.0591. The minimum Gasteiger partial charge on any atom is -0.462 e. The summed E-state index contributed by atoms with van der Waals surface area (Å²) in [5, 5.41) is 0. The second-order valence-corrected chi connectivity index (χ2v) is 16.2. The van der Waals surface area contributed by atoms with E-state index >= 15 is 0 Å². The van der Waals surface area contributed by atoms with Crippen LogP contribution in [0.5, 0.6) is 0 Å². The van der Waals surface area contributed by atoms with E-state index in [9.17, 15) is 4.79 Å². The zero-order valence-electron chi connectivity index (χ0n) is 28.3. The fourth-order valence-electron chi connectivity index (χ4n) is 10.6. The fourth-order valence-corrected chi connectivity index (χ4v) is 10.6. The van der Waals surface area contributed by atoms with Crippen molar-refractivity contribution in [1.29, 1.82) is 0 Å². The Morgan fingerprint density at radius 3 is 2.27 bits per heavy atom. The Morgan fingerprint density at radius 2 is 1.56 bits per heavy atom. The number of carbonyl (C=O) groups excluding carboxylic acids is 1. The van der Waals surface area contributed by atoms with Crippen LogP contribution in [-0.4, -0.2) is 12.1 Å². The maximum Gasteiger partial charge on any atom is 0.306 e. The lowest BCUT2D eigenvalue weighted by Crippen LogP contribution is -2.51. The van der Waals surface area contributed by atoms with Crippen molar-refractivity contribution in [3.63, 3.8) is 0 Å². The lowest BCUT2D eigenvalue weighted by atomic mass is 9.47. The molecule has 0 aromatic heterocycles. The molecule has 0 spiro atoms. The van der Waals surface area contributed by atoms with Crippen LogP contribution in [0, 0.1) is 46.3 Å². The van der Waals surface area contributed by atoms with E-state index in [0.29, 0.717) is 17.3 Å². The molecule has 4 rings (SSSR count). The number of fused-ring (bicyclic) bond motifs is 5. The van der Waals surface area contributed by atoms with Crippen molar-refractivity contribution in [2.45, 2.75) is 182 Å². The van der Waals surface area contributed by atoms with Crippen molar-refractivity contribution in [1.82, 2.24) is 0 Å². The van der Waals surface area contributed by atoms with Crippen LogP contribution in [-0.2, 0) is 9.53 Å². The summed E-state index contributed by atoms with van der Waals surface area (Å²) in [6.45, 7) is 14.9. The number of hydrogen-bond donors (Lipinski definition) is 0. The molecule has 8 atom stereocenters. The average molecular weight is 569 g/mol. The number of ether oxygens (including phenoxy) is 1. The third kappa shape index (κ3) is 8.03. The summed E-state index contributed by atoms with van der Waals surface area (Å²) in [4.78, 5) is 12.7. The van der Waals surface area contributed by atoms with Crippen LogP contribution in [0.2, 0.25) is 0 Å². The molecular weight excluding hydrogens is 500 g/mol. The summed E-state index contributed by atoms with van der Waals surface area (Å²) in [5.74, 6) is 5.34. The number of rotatable bonds is 16. The van der Waals surface area contributed by atoms with Gasteiger partial charge in [-0.1, -0.05) is 124 Å². The zero-order chi connectivity index (χ0) is 29.5. The molecule has 4 aliphatic carbocycles. The molecule has 0 bridgehead atoms. The van der Waals surface area contributed by atoms with E-state index in [-0.39, 0.29) is 12.1 Å². The van der Waals surface area contributed by atoms with E-state index in [4.69, 9.17) is 4.74 Å². The third-order valence-corrected chi connectivity index (χ3v) is 13.0. The normalized spacial score (nSPS) is 35.4. The van der Waals surface area contributed by atoms with Crippen molar-refractivity contribution in [2.24, 2.45) is 46.3 Å². The zero-order valence-corrected chi connectivity index (χ0v) is 28.3. The van der Waals surface area contributed by atoms with E-state index in [0.717, 1.165) is 54.8 Å². The van der Waals surface area contributed by atoms with Crippen molar-refractivity contribution in [3.05, 3.63) is 11.6 Å². The van der Waals surface area contributed by atoms with Gasteiger partial charge in [0.05, 0.1) is 0 Å². The molecule has 236 valence electrons. The van der Waals surface area contributed by atoms with Crippen LogP contribution in [0.3, 0.4) is 0 Å². The maximum atomic E-state index is 12.7. The number of allylic oxidation sites excluding steroid dienone is 1. The summed E-state index contributed by atoms with van der Waals surface area (Å²) in [5.41, 5.74) is 2.54. The summed E-state index contributed by atoms with van der Waals surface area (Å²) in [7, 11) is 0. The summed E-state index contributed by atoms with van der Waals surface area (Å²) in [6, 6.07) is 0. The molecule has 0 radical (unpaired) electrons. The standard InChI is InChI=1S/C39H68O2/c1-7-8-9-10-11-12-13-14-15-19-37(40)41-32-24-26-38(5)31(28-32)20-21-33-35-23-22-34(30(4)18-16-17-29(2)3)39(35,6)27-25-36(33)38/h20,29-30,32-36H,7-19,21-28H2,1-6H3/t30-,32+,33-,34+,35-,36-,38+,39-/m1/s1. The van der Waals surface area contributed by atoms with E-state index in [1.54, 1.807) is 5.57 Å². The summed E-state index contributed by atoms with van der Waals surface area (Å²) < 4.78 is 6.09. The molecule has 0 N–H and O–H groups in total. The lowest BCUT2D eigenvalue weighted by Gasteiger charge is -2.58. The Hall–Kier alpha value is -0.790. The van der Waals surface area contributed by atoms with Crippen molar-refractivity contribution < 1.29 is 9.53 Å². The highest BCUT2D eigenvalue weighted by Crippen LogP contribution is 2.67. The topological polar surface area (TPSA) is 26.3 Å². The molecule has 2 nitrogen and oxygen atoms in total. The molecule has 4 aliphatic rings. The van der Waals surface area contributed by atoms with Gasteiger partial charge in [-0.3, -0.25) is 4.79 Å². The number of esters is 1. The summed E-state index contributed by atoms with van der Waals surface area (Å²) in [6.07, 6.45) is 29.6. The van der Waals surface area contributed by atoms with Crippen molar-refractivity contribution in [2.75, 3.05) is 0 Å². The highest BCUT2D eigenvalue weighted by atomic mass is 16.5. The highest BCUT2D eigenvalue weighted by molar-refractivity contribution is 5.69. The molecule has 0 amide bonds. The molecule has 0 heterocycles. The quantitative estimate of drug-likeness (QED) is 0.105. The first kappa shape index (κ1) is 33.1. The molecule has 0 aromatic carbocycles. The van der Waals surface area contributed by atoms with Gasteiger partial charge in [0.1, 0.15) is 6.10 Å². The van der Waals surface area contributed by atoms with E-state index in [2.05, 4.69) is 47.6 Å². The molecule has 3 saturated carbocycles. The number of hydrogen-bond acceptors (Lipinski definition) is 2.